The van der Waals surface area contributed by atoms with Gasteiger partial charge >= 0.3 is 0 Å². The Bertz CT molecular complexity index is 283. The molecule has 90 valence electrons. The third kappa shape index (κ3) is 4.49. The van der Waals surface area contributed by atoms with Gasteiger partial charge in [-0.15, -0.1) is 0 Å². The number of rotatable bonds is 8. The first-order valence-electron chi connectivity index (χ1n) is 5.62. The van der Waals surface area contributed by atoms with Crippen molar-refractivity contribution < 1.29 is 13.5 Å². The minimum atomic E-state index is -3.09. The van der Waals surface area contributed by atoms with E-state index in [1.165, 1.54) is 0 Å². The predicted octanol–water partition coefficient (Wildman–Crippen LogP) is 0.868. The summed E-state index contributed by atoms with van der Waals surface area (Å²) in [6, 6.07) is 0. The first-order valence-corrected chi connectivity index (χ1v) is 7.27. The monoisotopic (exact) mass is 235 g/mol. The number of nitrogens with one attached hydrogen (secondary N) is 1. The molecule has 1 rings (SSSR count). The summed E-state index contributed by atoms with van der Waals surface area (Å²) >= 11 is 0. The molecular weight excluding hydrogens is 214 g/mol. The van der Waals surface area contributed by atoms with Crippen molar-refractivity contribution >= 4 is 10.0 Å². The van der Waals surface area contributed by atoms with Gasteiger partial charge in [-0.25, -0.2) is 13.1 Å². The number of sulfonamides is 1. The molecule has 15 heavy (non-hydrogen) atoms. The van der Waals surface area contributed by atoms with Crippen LogP contribution in [0.3, 0.4) is 0 Å². The van der Waals surface area contributed by atoms with E-state index in [0.717, 1.165) is 19.3 Å². The Labute approximate surface area is 92.1 Å². The van der Waals surface area contributed by atoms with Gasteiger partial charge in [0.15, 0.2) is 0 Å². The molecule has 0 aromatic carbocycles. The molecule has 1 aliphatic rings. The highest BCUT2D eigenvalue weighted by molar-refractivity contribution is 7.89. The Hall–Kier alpha value is -0.130. The molecule has 0 amide bonds. The third-order valence-corrected chi connectivity index (χ3v) is 4.44. The normalized spacial score (nSPS) is 19.1. The van der Waals surface area contributed by atoms with Crippen molar-refractivity contribution in [2.45, 2.75) is 39.0 Å². The van der Waals surface area contributed by atoms with Crippen LogP contribution in [0.2, 0.25) is 0 Å². The Morgan fingerprint density at radius 2 is 2.07 bits per heavy atom. The van der Waals surface area contributed by atoms with Crippen molar-refractivity contribution in [3.8, 4) is 0 Å². The number of aliphatic hydroxyl groups excluding tert-OH is 1. The van der Waals surface area contributed by atoms with Crippen molar-refractivity contribution in [3.05, 3.63) is 0 Å². The summed E-state index contributed by atoms with van der Waals surface area (Å²) in [6.07, 6.45) is 4.38. The maximum Gasteiger partial charge on any atom is 0.211 e. The van der Waals surface area contributed by atoms with Gasteiger partial charge in [0.1, 0.15) is 0 Å². The SMILES string of the molecule is CCCCS(=O)(=O)NCC1(CCO)CC1. The smallest absolute Gasteiger partial charge is 0.211 e. The lowest BCUT2D eigenvalue weighted by Gasteiger charge is -2.14. The van der Waals surface area contributed by atoms with E-state index in [9.17, 15) is 8.42 Å². The van der Waals surface area contributed by atoms with E-state index in [1.807, 2.05) is 6.92 Å². The molecule has 0 bridgehead atoms. The highest BCUT2D eigenvalue weighted by Crippen LogP contribution is 2.47. The lowest BCUT2D eigenvalue weighted by Crippen LogP contribution is -2.32. The topological polar surface area (TPSA) is 66.4 Å². The maximum atomic E-state index is 11.5. The second kappa shape index (κ2) is 5.27. The van der Waals surface area contributed by atoms with Gasteiger partial charge in [-0.05, 0) is 31.1 Å². The summed E-state index contributed by atoms with van der Waals surface area (Å²) in [7, 11) is -3.09. The largest absolute Gasteiger partial charge is 0.396 e. The Morgan fingerprint density at radius 3 is 2.53 bits per heavy atom. The molecule has 2 N–H and O–H groups in total. The van der Waals surface area contributed by atoms with E-state index >= 15 is 0 Å². The zero-order chi connectivity index (χ0) is 11.4. The molecule has 1 fully saturated rings. The fourth-order valence-electron chi connectivity index (χ4n) is 1.60. The van der Waals surface area contributed by atoms with Gasteiger partial charge in [0.25, 0.3) is 0 Å². The molecular formula is C10H21NO3S. The molecule has 1 aliphatic carbocycles. The minimum Gasteiger partial charge on any atom is -0.396 e. The van der Waals surface area contributed by atoms with Crippen LogP contribution in [0.25, 0.3) is 0 Å². The number of hydrogen-bond acceptors (Lipinski definition) is 3. The molecule has 0 aromatic rings. The van der Waals surface area contributed by atoms with E-state index in [-0.39, 0.29) is 17.8 Å². The van der Waals surface area contributed by atoms with Gasteiger partial charge in [0, 0.05) is 13.2 Å². The summed E-state index contributed by atoms with van der Waals surface area (Å²) < 4.78 is 25.6. The molecule has 0 atom stereocenters. The molecule has 1 saturated carbocycles. The van der Waals surface area contributed by atoms with E-state index in [1.54, 1.807) is 0 Å². The third-order valence-electron chi connectivity index (χ3n) is 3.03. The lowest BCUT2D eigenvalue weighted by molar-refractivity contribution is 0.249. The predicted molar refractivity (Wildman–Crippen MR) is 60.1 cm³/mol. The van der Waals surface area contributed by atoms with Crippen molar-refractivity contribution in [1.29, 1.82) is 0 Å². The summed E-state index contributed by atoms with van der Waals surface area (Å²) in [5, 5.41) is 8.84. The van der Waals surface area contributed by atoms with Crippen molar-refractivity contribution in [2.24, 2.45) is 5.41 Å². The Kier molecular flexibility index (Phi) is 4.55. The molecule has 0 aromatic heterocycles. The van der Waals surface area contributed by atoms with Crippen LogP contribution in [0.1, 0.15) is 39.0 Å². The van der Waals surface area contributed by atoms with E-state index in [4.69, 9.17) is 5.11 Å². The van der Waals surface area contributed by atoms with Crippen molar-refractivity contribution in [2.75, 3.05) is 18.9 Å². The fourth-order valence-corrected chi connectivity index (χ4v) is 2.94. The van der Waals surface area contributed by atoms with Gasteiger partial charge in [-0.2, -0.15) is 0 Å². The van der Waals surface area contributed by atoms with Crippen LogP contribution >= 0.6 is 0 Å². The van der Waals surface area contributed by atoms with E-state index in [2.05, 4.69) is 4.72 Å². The van der Waals surface area contributed by atoms with Crippen LogP contribution in [-0.4, -0.2) is 32.4 Å². The van der Waals surface area contributed by atoms with Gasteiger partial charge in [-0.1, -0.05) is 13.3 Å². The first kappa shape index (κ1) is 12.9. The van der Waals surface area contributed by atoms with Gasteiger partial charge in [0.05, 0.1) is 5.75 Å². The average Bonchev–Trinajstić information content (AvgIpc) is 2.94. The first-order chi connectivity index (χ1) is 7.04. The molecule has 4 nitrogen and oxygen atoms in total. The van der Waals surface area contributed by atoms with Crippen LogP contribution in [-0.2, 0) is 10.0 Å². The van der Waals surface area contributed by atoms with Crippen molar-refractivity contribution in [3.63, 3.8) is 0 Å². The second-order valence-electron chi connectivity index (χ2n) is 4.47. The molecule has 0 spiro atoms. The standard InChI is InChI=1S/C10H21NO3S/c1-2-3-8-15(13,14)11-9-10(4-5-10)6-7-12/h11-12H,2-9H2,1H3. The van der Waals surface area contributed by atoms with Crippen LogP contribution < -0.4 is 4.72 Å². The lowest BCUT2D eigenvalue weighted by atomic mass is 10.0. The molecule has 0 saturated heterocycles. The highest BCUT2D eigenvalue weighted by atomic mass is 32.2. The maximum absolute atomic E-state index is 11.5. The van der Waals surface area contributed by atoms with E-state index < -0.39 is 10.0 Å². The molecule has 0 unspecified atom stereocenters. The average molecular weight is 235 g/mol. The van der Waals surface area contributed by atoms with Crippen LogP contribution in [0.15, 0.2) is 0 Å². The van der Waals surface area contributed by atoms with Gasteiger partial charge in [0.2, 0.25) is 10.0 Å². The zero-order valence-electron chi connectivity index (χ0n) is 9.33. The molecule has 0 radical (unpaired) electrons. The van der Waals surface area contributed by atoms with Crippen molar-refractivity contribution in [1.82, 2.24) is 4.72 Å². The quantitative estimate of drug-likeness (QED) is 0.656. The summed E-state index contributed by atoms with van der Waals surface area (Å²) in [4.78, 5) is 0. The molecule has 0 aliphatic heterocycles. The Balaban J connectivity index is 2.30. The molecule has 0 heterocycles. The van der Waals surface area contributed by atoms with E-state index in [0.29, 0.717) is 19.4 Å². The second-order valence-corrected chi connectivity index (χ2v) is 6.39. The van der Waals surface area contributed by atoms with Crippen LogP contribution in [0.5, 0.6) is 0 Å². The fraction of sp³-hybridized carbons (Fsp3) is 1.00. The van der Waals surface area contributed by atoms with Crippen LogP contribution in [0.4, 0.5) is 0 Å². The summed E-state index contributed by atoms with van der Waals surface area (Å²) in [5.41, 5.74) is 0.0635. The zero-order valence-corrected chi connectivity index (χ0v) is 10.1. The Morgan fingerprint density at radius 1 is 1.40 bits per heavy atom. The summed E-state index contributed by atoms with van der Waals surface area (Å²) in [6.45, 7) is 2.62. The van der Waals surface area contributed by atoms with Gasteiger partial charge in [-0.3, -0.25) is 0 Å². The van der Waals surface area contributed by atoms with Gasteiger partial charge < -0.3 is 5.11 Å². The minimum absolute atomic E-state index is 0.0635. The number of hydrogen-bond donors (Lipinski definition) is 2. The highest BCUT2D eigenvalue weighted by Gasteiger charge is 2.42. The van der Waals surface area contributed by atoms with Crippen LogP contribution in [0, 0.1) is 5.41 Å². The summed E-state index contributed by atoms with van der Waals surface area (Å²) in [5.74, 6) is 0.221. The number of unbranched alkanes of at least 4 members (excludes halogenated alkanes) is 1. The molecule has 5 heteroatoms. The number of aliphatic hydroxyl groups is 1.